The second-order valence-corrected chi connectivity index (χ2v) is 8.36. The van der Waals surface area contributed by atoms with Crippen LogP contribution in [0.3, 0.4) is 0 Å². The molecule has 1 amide bonds. The van der Waals surface area contributed by atoms with Gasteiger partial charge in [0.05, 0.1) is 35.2 Å². The molecule has 0 N–H and O–H groups in total. The average Bonchev–Trinajstić information content (AvgIpc) is 3.31. The topological polar surface area (TPSA) is 68.8 Å². The molecule has 34 heavy (non-hydrogen) atoms. The Labute approximate surface area is 191 Å². The van der Waals surface area contributed by atoms with Crippen molar-refractivity contribution in [3.63, 3.8) is 0 Å². The van der Waals surface area contributed by atoms with Crippen molar-refractivity contribution in [2.45, 2.75) is 26.1 Å². The van der Waals surface area contributed by atoms with Crippen molar-refractivity contribution in [1.29, 1.82) is 0 Å². The fourth-order valence-corrected chi connectivity index (χ4v) is 4.58. The molecule has 7 nitrogen and oxygen atoms in total. The third kappa shape index (κ3) is 3.42. The third-order valence-corrected chi connectivity index (χ3v) is 6.17. The number of carbonyl (C=O) groups is 1. The molecule has 5 rings (SSSR count). The van der Waals surface area contributed by atoms with Gasteiger partial charge in [-0.15, -0.1) is 0 Å². The number of alkyl halides is 3. The maximum atomic E-state index is 14.7. The Morgan fingerprint density at radius 3 is 2.59 bits per heavy atom. The second kappa shape index (κ2) is 7.64. The lowest BCUT2D eigenvalue weighted by atomic mass is 10.00. The molecule has 11 heteroatoms. The molecule has 0 aliphatic carbocycles. The van der Waals surface area contributed by atoms with Crippen molar-refractivity contribution in [2.24, 2.45) is 14.1 Å². The highest BCUT2D eigenvalue weighted by Gasteiger charge is 2.36. The zero-order chi connectivity index (χ0) is 24.4. The summed E-state index contributed by atoms with van der Waals surface area (Å²) in [6, 6.07) is 6.25. The van der Waals surface area contributed by atoms with E-state index in [1.54, 1.807) is 19.2 Å². The van der Waals surface area contributed by atoms with Crippen LogP contribution in [-0.4, -0.2) is 41.9 Å². The first-order chi connectivity index (χ1) is 16.1. The Kier molecular flexibility index (Phi) is 4.96. The molecule has 0 unspecified atom stereocenters. The molecule has 0 fully saturated rings. The molecule has 0 atom stereocenters. The summed E-state index contributed by atoms with van der Waals surface area (Å²) >= 11 is 0. The number of nitrogens with zero attached hydrogens (tertiary/aromatic N) is 6. The number of fused-ring (bicyclic) bond motifs is 2. The van der Waals surface area contributed by atoms with Gasteiger partial charge in [-0.25, -0.2) is 4.39 Å². The molecule has 0 saturated heterocycles. The van der Waals surface area contributed by atoms with Gasteiger partial charge in [0.2, 0.25) is 0 Å². The number of benzene rings is 1. The standard InChI is InChI=1S/C23H20F4N6O/c1-12-5-4-6-14-19(15(24)10-28-20(12)14)22(34)33-8-7-13-17(11-33)30-32(3)21(13)16-9-18(23(25,26)27)31(2)29-16/h4-6,9-10H,7-8,11H2,1-3H3. The van der Waals surface area contributed by atoms with Crippen molar-refractivity contribution in [1.82, 2.24) is 29.4 Å². The number of hydrogen-bond acceptors (Lipinski definition) is 4. The maximum Gasteiger partial charge on any atom is 0.433 e. The number of pyridine rings is 1. The Hall–Kier alpha value is -3.76. The highest BCUT2D eigenvalue weighted by molar-refractivity contribution is 6.06. The van der Waals surface area contributed by atoms with E-state index in [0.717, 1.165) is 28.1 Å². The second-order valence-electron chi connectivity index (χ2n) is 8.36. The largest absolute Gasteiger partial charge is 0.433 e. The van der Waals surface area contributed by atoms with Gasteiger partial charge >= 0.3 is 6.18 Å². The lowest BCUT2D eigenvalue weighted by molar-refractivity contribution is -0.143. The number of rotatable bonds is 2. The average molecular weight is 472 g/mol. The van der Waals surface area contributed by atoms with Gasteiger partial charge in [-0.1, -0.05) is 18.2 Å². The van der Waals surface area contributed by atoms with Gasteiger partial charge in [0.1, 0.15) is 11.4 Å². The Morgan fingerprint density at radius 1 is 1.12 bits per heavy atom. The molecule has 0 bridgehead atoms. The highest BCUT2D eigenvalue weighted by atomic mass is 19.4. The van der Waals surface area contributed by atoms with Crippen LogP contribution < -0.4 is 0 Å². The minimum absolute atomic E-state index is 0.0483. The van der Waals surface area contributed by atoms with Gasteiger partial charge in [0.15, 0.2) is 5.82 Å². The van der Waals surface area contributed by atoms with Gasteiger partial charge in [-0.05, 0) is 25.0 Å². The van der Waals surface area contributed by atoms with Crippen LogP contribution in [0.1, 0.15) is 32.9 Å². The van der Waals surface area contributed by atoms with Crippen LogP contribution in [-0.2, 0) is 33.2 Å². The maximum absolute atomic E-state index is 14.7. The van der Waals surface area contributed by atoms with E-state index < -0.39 is 23.6 Å². The van der Waals surface area contributed by atoms with Crippen LogP contribution >= 0.6 is 0 Å². The van der Waals surface area contributed by atoms with E-state index in [1.807, 2.05) is 13.0 Å². The van der Waals surface area contributed by atoms with Gasteiger partial charge in [0.25, 0.3) is 5.91 Å². The summed E-state index contributed by atoms with van der Waals surface area (Å²) in [4.78, 5) is 19.0. The molecule has 0 spiro atoms. The molecule has 4 heterocycles. The van der Waals surface area contributed by atoms with Crippen LogP contribution in [0.5, 0.6) is 0 Å². The van der Waals surface area contributed by atoms with Crippen molar-refractivity contribution in [2.75, 3.05) is 6.54 Å². The minimum Gasteiger partial charge on any atom is -0.332 e. The Morgan fingerprint density at radius 2 is 1.88 bits per heavy atom. The summed E-state index contributed by atoms with van der Waals surface area (Å²) in [6.45, 7) is 2.21. The van der Waals surface area contributed by atoms with Gasteiger partial charge in [0, 0.05) is 31.6 Å². The van der Waals surface area contributed by atoms with Crippen molar-refractivity contribution in [3.8, 4) is 11.4 Å². The monoisotopic (exact) mass is 472 g/mol. The van der Waals surface area contributed by atoms with E-state index in [9.17, 15) is 22.4 Å². The lowest BCUT2D eigenvalue weighted by Crippen LogP contribution is -2.36. The predicted molar refractivity (Wildman–Crippen MR) is 115 cm³/mol. The molecular weight excluding hydrogens is 452 g/mol. The number of hydrogen-bond donors (Lipinski definition) is 0. The zero-order valence-electron chi connectivity index (χ0n) is 18.6. The molecule has 1 aromatic carbocycles. The van der Waals surface area contributed by atoms with E-state index >= 15 is 0 Å². The van der Waals surface area contributed by atoms with E-state index in [-0.39, 0.29) is 24.3 Å². The molecule has 0 saturated carbocycles. The lowest BCUT2D eigenvalue weighted by Gasteiger charge is -2.27. The number of carbonyl (C=O) groups excluding carboxylic acids is 1. The molecule has 1 aliphatic heterocycles. The Balaban J connectivity index is 1.50. The van der Waals surface area contributed by atoms with E-state index in [1.165, 1.54) is 16.6 Å². The van der Waals surface area contributed by atoms with Crippen molar-refractivity contribution < 1.29 is 22.4 Å². The quantitative estimate of drug-likeness (QED) is 0.413. The fraction of sp³-hybridized carbons (Fsp3) is 0.304. The summed E-state index contributed by atoms with van der Waals surface area (Å²) in [5.41, 5.74) is 2.39. The van der Waals surface area contributed by atoms with Gasteiger partial charge in [-0.3, -0.25) is 19.1 Å². The molecular formula is C23H20F4N6O. The number of para-hydroxylation sites is 1. The minimum atomic E-state index is -4.53. The first-order valence-corrected chi connectivity index (χ1v) is 10.6. The third-order valence-electron chi connectivity index (χ3n) is 6.17. The summed E-state index contributed by atoms with van der Waals surface area (Å²) in [6.07, 6.45) is -3.13. The Bertz CT molecular complexity index is 1450. The summed E-state index contributed by atoms with van der Waals surface area (Å²) in [5, 5.41) is 8.92. The summed E-state index contributed by atoms with van der Waals surface area (Å²) in [7, 11) is 2.87. The summed E-state index contributed by atoms with van der Waals surface area (Å²) < 4.78 is 56.8. The van der Waals surface area contributed by atoms with Crippen LogP contribution in [0, 0.1) is 12.7 Å². The molecule has 176 valence electrons. The summed E-state index contributed by atoms with van der Waals surface area (Å²) in [5.74, 6) is -1.19. The first-order valence-electron chi connectivity index (χ1n) is 10.6. The van der Waals surface area contributed by atoms with Crippen molar-refractivity contribution >= 4 is 16.8 Å². The molecule has 0 radical (unpaired) electrons. The van der Waals surface area contributed by atoms with Gasteiger partial charge in [-0.2, -0.15) is 23.4 Å². The van der Waals surface area contributed by atoms with Crippen LogP contribution in [0.25, 0.3) is 22.3 Å². The van der Waals surface area contributed by atoms with Crippen LogP contribution in [0.2, 0.25) is 0 Å². The van der Waals surface area contributed by atoms with Crippen LogP contribution in [0.4, 0.5) is 17.6 Å². The number of halogens is 4. The molecule has 1 aliphatic rings. The van der Waals surface area contributed by atoms with E-state index in [4.69, 9.17) is 0 Å². The normalized spacial score (nSPS) is 14.0. The van der Waals surface area contributed by atoms with Gasteiger partial charge < -0.3 is 4.90 Å². The molecule has 4 aromatic rings. The smallest absolute Gasteiger partial charge is 0.332 e. The SMILES string of the molecule is Cc1cccc2c(C(=O)N3CCc4c(nn(C)c4-c4cc(C(F)(F)F)n(C)n4)C3)c(F)cnc12. The fourth-order valence-electron chi connectivity index (χ4n) is 4.58. The number of aromatic nitrogens is 5. The number of amides is 1. The van der Waals surface area contributed by atoms with Crippen LogP contribution in [0.15, 0.2) is 30.5 Å². The number of aryl methyl sites for hydroxylation is 3. The first kappa shape index (κ1) is 22.1. The van der Waals surface area contributed by atoms with E-state index in [0.29, 0.717) is 28.7 Å². The predicted octanol–water partition coefficient (Wildman–Crippen LogP) is 4.03. The highest BCUT2D eigenvalue weighted by Crippen LogP contribution is 2.35. The van der Waals surface area contributed by atoms with Crippen molar-refractivity contribution in [3.05, 3.63) is 64.4 Å². The molecule has 3 aromatic heterocycles. The van der Waals surface area contributed by atoms with E-state index in [2.05, 4.69) is 15.2 Å². The zero-order valence-corrected chi connectivity index (χ0v) is 18.6.